The molecule has 3 nitrogen and oxygen atoms in total. The number of hydrogen-bond acceptors (Lipinski definition) is 3. The molecule has 0 bridgehead atoms. The van der Waals surface area contributed by atoms with Gasteiger partial charge in [-0.05, 0) is 43.6 Å². The Labute approximate surface area is 128 Å². The van der Waals surface area contributed by atoms with Gasteiger partial charge in [0, 0.05) is 13.0 Å². The Bertz CT molecular complexity index is 468. The predicted octanol–water partition coefficient (Wildman–Crippen LogP) is 3.05. The molecule has 0 fully saturated rings. The van der Waals surface area contributed by atoms with Gasteiger partial charge in [0.1, 0.15) is 5.75 Å². The van der Waals surface area contributed by atoms with E-state index in [1.165, 1.54) is 18.4 Å². The van der Waals surface area contributed by atoms with Crippen LogP contribution in [0.2, 0.25) is 0 Å². The van der Waals surface area contributed by atoms with Crippen LogP contribution in [0.5, 0.6) is 5.75 Å². The molecule has 0 spiro atoms. The van der Waals surface area contributed by atoms with Gasteiger partial charge in [-0.2, -0.15) is 0 Å². The topological polar surface area (TPSA) is 32.7 Å². The Balaban J connectivity index is 2.88. The summed E-state index contributed by atoms with van der Waals surface area (Å²) in [6.45, 7) is 7.69. The molecular weight excluding hydrogens is 262 g/mol. The van der Waals surface area contributed by atoms with Crippen molar-refractivity contribution in [2.75, 3.05) is 26.8 Å². The van der Waals surface area contributed by atoms with Gasteiger partial charge in [0.05, 0.1) is 19.3 Å². The average molecular weight is 289 g/mol. The fourth-order valence-corrected chi connectivity index (χ4v) is 2.33. The molecule has 0 aliphatic rings. The van der Waals surface area contributed by atoms with Crippen LogP contribution in [0.25, 0.3) is 0 Å². The number of methoxy groups -OCH3 is 1. The van der Waals surface area contributed by atoms with E-state index in [0.717, 1.165) is 30.9 Å². The molecule has 21 heavy (non-hydrogen) atoms. The molecule has 0 atom stereocenters. The third-order valence-corrected chi connectivity index (χ3v) is 3.21. The first-order valence-electron chi connectivity index (χ1n) is 7.74. The second-order valence-corrected chi connectivity index (χ2v) is 5.09. The second kappa shape index (κ2) is 10.3. The van der Waals surface area contributed by atoms with Crippen LogP contribution >= 0.6 is 0 Å². The molecule has 1 aromatic carbocycles. The Hall–Kier alpha value is -1.50. The summed E-state index contributed by atoms with van der Waals surface area (Å²) in [5, 5.41) is 8.82. The summed E-state index contributed by atoms with van der Waals surface area (Å²) in [6, 6.07) is 6.18. The van der Waals surface area contributed by atoms with E-state index in [1.54, 1.807) is 7.11 Å². The number of benzene rings is 1. The Morgan fingerprint density at radius 3 is 2.48 bits per heavy atom. The number of aliphatic hydroxyl groups is 1. The first-order valence-corrected chi connectivity index (χ1v) is 7.74. The van der Waals surface area contributed by atoms with E-state index in [2.05, 4.69) is 42.7 Å². The van der Waals surface area contributed by atoms with E-state index in [4.69, 9.17) is 9.84 Å². The second-order valence-electron chi connectivity index (χ2n) is 5.09. The van der Waals surface area contributed by atoms with E-state index in [1.807, 2.05) is 6.07 Å². The molecule has 0 aliphatic carbocycles. The van der Waals surface area contributed by atoms with Gasteiger partial charge >= 0.3 is 0 Å². The van der Waals surface area contributed by atoms with Crippen molar-refractivity contribution in [2.24, 2.45) is 0 Å². The molecule has 1 rings (SSSR count). The molecule has 0 unspecified atom stereocenters. The number of nitrogens with zero attached hydrogens (tertiary/aromatic N) is 1. The SMILES string of the molecule is CCCN(CCC)Cc1ccc(OC)c(C#CCCO)c1. The highest BCUT2D eigenvalue weighted by Gasteiger charge is 2.07. The van der Waals surface area contributed by atoms with E-state index in [-0.39, 0.29) is 6.61 Å². The number of ether oxygens (including phenoxy) is 1. The van der Waals surface area contributed by atoms with Crippen LogP contribution in [0.1, 0.15) is 44.2 Å². The summed E-state index contributed by atoms with van der Waals surface area (Å²) in [7, 11) is 1.66. The Kier molecular flexibility index (Phi) is 8.57. The molecule has 1 aromatic rings. The fraction of sp³-hybridized carbons (Fsp3) is 0.556. The average Bonchev–Trinajstić information content (AvgIpc) is 2.48. The Morgan fingerprint density at radius 2 is 1.90 bits per heavy atom. The van der Waals surface area contributed by atoms with Crippen LogP contribution in [0, 0.1) is 11.8 Å². The molecule has 116 valence electrons. The summed E-state index contributed by atoms with van der Waals surface area (Å²) in [4.78, 5) is 2.47. The minimum absolute atomic E-state index is 0.0930. The van der Waals surface area contributed by atoms with Gasteiger partial charge in [-0.1, -0.05) is 31.8 Å². The zero-order valence-electron chi connectivity index (χ0n) is 13.5. The van der Waals surface area contributed by atoms with Gasteiger partial charge in [0.15, 0.2) is 0 Å². The van der Waals surface area contributed by atoms with Crippen molar-refractivity contribution in [3.05, 3.63) is 29.3 Å². The standard InChI is InChI=1S/C18H27NO2/c1-4-11-19(12-5-2)15-16-9-10-18(21-3)17(14-16)8-6-7-13-20/h9-10,14,20H,4-5,7,11-13,15H2,1-3H3. The van der Waals surface area contributed by atoms with Gasteiger partial charge in [-0.3, -0.25) is 4.90 Å². The normalized spacial score (nSPS) is 10.3. The van der Waals surface area contributed by atoms with E-state index in [0.29, 0.717) is 6.42 Å². The maximum Gasteiger partial charge on any atom is 0.134 e. The highest BCUT2D eigenvalue weighted by molar-refractivity contribution is 5.48. The van der Waals surface area contributed by atoms with Gasteiger partial charge in [-0.25, -0.2) is 0 Å². The van der Waals surface area contributed by atoms with Crippen LogP contribution in [0.4, 0.5) is 0 Å². The van der Waals surface area contributed by atoms with Crippen molar-refractivity contribution in [3.63, 3.8) is 0 Å². The molecule has 0 aromatic heterocycles. The Morgan fingerprint density at radius 1 is 1.19 bits per heavy atom. The highest BCUT2D eigenvalue weighted by atomic mass is 16.5. The van der Waals surface area contributed by atoms with Crippen molar-refractivity contribution in [3.8, 4) is 17.6 Å². The van der Waals surface area contributed by atoms with Gasteiger partial charge < -0.3 is 9.84 Å². The van der Waals surface area contributed by atoms with Crippen molar-refractivity contribution < 1.29 is 9.84 Å². The molecule has 0 amide bonds. The van der Waals surface area contributed by atoms with E-state index in [9.17, 15) is 0 Å². The fourth-order valence-electron chi connectivity index (χ4n) is 2.33. The minimum atomic E-state index is 0.0930. The largest absolute Gasteiger partial charge is 0.495 e. The third-order valence-electron chi connectivity index (χ3n) is 3.21. The zero-order chi connectivity index (χ0) is 15.5. The van der Waals surface area contributed by atoms with Crippen LogP contribution in [0.3, 0.4) is 0 Å². The minimum Gasteiger partial charge on any atom is -0.495 e. The van der Waals surface area contributed by atoms with E-state index >= 15 is 0 Å². The summed E-state index contributed by atoms with van der Waals surface area (Å²) < 4.78 is 5.35. The number of rotatable bonds is 8. The third kappa shape index (κ3) is 6.20. The van der Waals surface area contributed by atoms with Crippen molar-refractivity contribution in [1.29, 1.82) is 0 Å². The van der Waals surface area contributed by atoms with Crippen LogP contribution < -0.4 is 4.74 Å². The van der Waals surface area contributed by atoms with Crippen LogP contribution in [-0.2, 0) is 6.54 Å². The van der Waals surface area contributed by atoms with Crippen LogP contribution in [-0.4, -0.2) is 36.8 Å². The number of hydrogen-bond donors (Lipinski definition) is 1. The first kappa shape index (κ1) is 17.6. The zero-order valence-corrected chi connectivity index (χ0v) is 13.5. The maximum absolute atomic E-state index is 8.82. The number of aliphatic hydroxyl groups excluding tert-OH is 1. The molecule has 0 saturated heterocycles. The molecular formula is C18H27NO2. The predicted molar refractivity (Wildman–Crippen MR) is 87.4 cm³/mol. The molecule has 3 heteroatoms. The smallest absolute Gasteiger partial charge is 0.134 e. The lowest BCUT2D eigenvalue weighted by atomic mass is 10.1. The van der Waals surface area contributed by atoms with Crippen molar-refractivity contribution in [2.45, 2.75) is 39.7 Å². The maximum atomic E-state index is 8.82. The monoisotopic (exact) mass is 289 g/mol. The lowest BCUT2D eigenvalue weighted by Gasteiger charge is -2.21. The van der Waals surface area contributed by atoms with Gasteiger partial charge in [-0.15, -0.1) is 0 Å². The van der Waals surface area contributed by atoms with Crippen molar-refractivity contribution >= 4 is 0 Å². The molecule has 0 saturated carbocycles. The first-order chi connectivity index (χ1) is 10.2. The summed E-state index contributed by atoms with van der Waals surface area (Å²) in [5.74, 6) is 6.85. The summed E-state index contributed by atoms with van der Waals surface area (Å²) >= 11 is 0. The molecule has 0 heterocycles. The van der Waals surface area contributed by atoms with Gasteiger partial charge in [0.25, 0.3) is 0 Å². The molecule has 0 radical (unpaired) electrons. The van der Waals surface area contributed by atoms with Gasteiger partial charge in [0.2, 0.25) is 0 Å². The lowest BCUT2D eigenvalue weighted by Crippen LogP contribution is -2.24. The molecule has 1 N–H and O–H groups in total. The molecule has 0 aliphatic heterocycles. The lowest BCUT2D eigenvalue weighted by molar-refractivity contribution is 0.266. The van der Waals surface area contributed by atoms with Crippen molar-refractivity contribution in [1.82, 2.24) is 4.90 Å². The quantitative estimate of drug-likeness (QED) is 0.747. The van der Waals surface area contributed by atoms with E-state index < -0.39 is 0 Å². The summed E-state index contributed by atoms with van der Waals surface area (Å²) in [6.07, 6.45) is 2.82. The highest BCUT2D eigenvalue weighted by Crippen LogP contribution is 2.20. The van der Waals surface area contributed by atoms with Crippen LogP contribution in [0.15, 0.2) is 18.2 Å². The summed E-state index contributed by atoms with van der Waals surface area (Å²) in [5.41, 5.74) is 2.15.